The van der Waals surface area contributed by atoms with Crippen molar-refractivity contribution in [3.8, 4) is 5.75 Å². The van der Waals surface area contributed by atoms with Crippen LogP contribution in [0.1, 0.15) is 11.1 Å². The minimum Gasteiger partial charge on any atom is -0.489 e. The molecule has 1 aliphatic heterocycles. The van der Waals surface area contributed by atoms with Gasteiger partial charge in [0, 0.05) is 28.4 Å². The van der Waals surface area contributed by atoms with E-state index in [1.54, 1.807) is 18.0 Å². The topological polar surface area (TPSA) is 61.8 Å². The van der Waals surface area contributed by atoms with Crippen LogP contribution in [0.5, 0.6) is 5.75 Å². The number of nitrogens with zero attached hydrogens (tertiary/aromatic N) is 2. The Labute approximate surface area is 150 Å². The number of aromatic nitrogens is 1. The first-order valence-electron chi connectivity index (χ1n) is 8.13. The van der Waals surface area contributed by atoms with Crippen molar-refractivity contribution < 1.29 is 4.74 Å². The fraction of sp³-hybridized carbons (Fsp3) is 0.158. The van der Waals surface area contributed by atoms with Gasteiger partial charge in [-0.25, -0.2) is 0 Å². The maximum absolute atomic E-state index is 5.91. The third-order valence-corrected chi connectivity index (χ3v) is 4.76. The average Bonchev–Trinajstić information content (AvgIpc) is 3.31. The maximum Gasteiger partial charge on any atom is 0.177 e. The van der Waals surface area contributed by atoms with Gasteiger partial charge < -0.3 is 9.72 Å². The molecule has 0 saturated carbocycles. The Hall–Kier alpha value is -2.73. The number of hydrogen-bond acceptors (Lipinski definition) is 5. The zero-order chi connectivity index (χ0) is 16.9. The van der Waals surface area contributed by atoms with E-state index in [1.807, 2.05) is 42.6 Å². The number of ether oxygens (including phenoxy) is 1. The molecular weight excluding hydrogens is 332 g/mol. The highest BCUT2D eigenvalue weighted by Gasteiger charge is 2.06. The Morgan fingerprint density at radius 3 is 3.00 bits per heavy atom. The lowest BCUT2D eigenvalue weighted by molar-refractivity contribution is 0.306. The number of fused-ring (bicyclic) bond motifs is 1. The molecule has 1 aliphatic rings. The number of amidine groups is 1. The van der Waals surface area contributed by atoms with Crippen molar-refractivity contribution >= 4 is 34.0 Å². The number of hydrazone groups is 1. The molecule has 25 heavy (non-hydrogen) atoms. The van der Waals surface area contributed by atoms with Crippen molar-refractivity contribution in [1.29, 1.82) is 0 Å². The highest BCUT2D eigenvalue weighted by molar-refractivity contribution is 8.14. The lowest BCUT2D eigenvalue weighted by Gasteiger charge is -2.06. The molecule has 5 nitrogen and oxygen atoms in total. The van der Waals surface area contributed by atoms with E-state index in [2.05, 4.69) is 32.6 Å². The first-order valence-corrected chi connectivity index (χ1v) is 9.11. The molecule has 0 atom stereocenters. The van der Waals surface area contributed by atoms with Crippen LogP contribution in [0, 0.1) is 0 Å². The molecule has 2 aromatic carbocycles. The third kappa shape index (κ3) is 3.85. The van der Waals surface area contributed by atoms with E-state index in [0.29, 0.717) is 6.61 Å². The summed E-state index contributed by atoms with van der Waals surface area (Å²) in [5, 5.41) is 6.24. The molecule has 1 aromatic heterocycles. The fourth-order valence-electron chi connectivity index (χ4n) is 2.62. The number of H-pyrrole nitrogens is 1. The van der Waals surface area contributed by atoms with Gasteiger partial charge in [-0.3, -0.25) is 10.4 Å². The van der Waals surface area contributed by atoms with Crippen molar-refractivity contribution in [3.05, 3.63) is 65.9 Å². The summed E-state index contributed by atoms with van der Waals surface area (Å²) in [6.45, 7) is 1.41. The van der Waals surface area contributed by atoms with Crippen LogP contribution in [-0.4, -0.2) is 28.7 Å². The third-order valence-electron chi connectivity index (χ3n) is 3.88. The number of hydrogen-bond donors (Lipinski definition) is 2. The van der Waals surface area contributed by atoms with Crippen LogP contribution in [0.15, 0.2) is 64.8 Å². The molecule has 3 aromatic rings. The lowest BCUT2D eigenvalue weighted by atomic mass is 10.2. The molecule has 0 spiro atoms. The summed E-state index contributed by atoms with van der Waals surface area (Å²) in [7, 11) is 0. The molecule has 0 amide bonds. The molecule has 6 heteroatoms. The highest BCUT2D eigenvalue weighted by atomic mass is 32.2. The highest BCUT2D eigenvalue weighted by Crippen LogP contribution is 2.23. The van der Waals surface area contributed by atoms with Crippen LogP contribution in [0.4, 0.5) is 0 Å². The van der Waals surface area contributed by atoms with Gasteiger partial charge in [-0.15, -0.1) is 0 Å². The minimum absolute atomic E-state index is 0.554. The molecule has 2 heterocycles. The predicted octanol–water partition coefficient (Wildman–Crippen LogP) is 3.77. The monoisotopic (exact) mass is 350 g/mol. The van der Waals surface area contributed by atoms with Crippen LogP contribution >= 0.6 is 11.8 Å². The molecule has 0 saturated heterocycles. The molecule has 4 rings (SSSR count). The Morgan fingerprint density at radius 2 is 2.16 bits per heavy atom. The van der Waals surface area contributed by atoms with Crippen LogP contribution in [0.2, 0.25) is 0 Å². The summed E-state index contributed by atoms with van der Waals surface area (Å²) in [5.41, 5.74) is 6.20. The van der Waals surface area contributed by atoms with Crippen molar-refractivity contribution in [3.63, 3.8) is 0 Å². The van der Waals surface area contributed by atoms with Gasteiger partial charge in [-0.2, -0.15) is 5.10 Å². The van der Waals surface area contributed by atoms with Crippen molar-refractivity contribution in [2.24, 2.45) is 10.1 Å². The summed E-state index contributed by atoms with van der Waals surface area (Å²) in [6, 6.07) is 16.2. The van der Waals surface area contributed by atoms with E-state index in [-0.39, 0.29) is 0 Å². The predicted molar refractivity (Wildman–Crippen MR) is 105 cm³/mol. The number of thioether (sulfide) groups is 1. The first kappa shape index (κ1) is 15.8. The second kappa shape index (κ2) is 7.44. The van der Waals surface area contributed by atoms with Gasteiger partial charge >= 0.3 is 0 Å². The van der Waals surface area contributed by atoms with Crippen LogP contribution < -0.4 is 10.2 Å². The largest absolute Gasteiger partial charge is 0.489 e. The fourth-order valence-corrected chi connectivity index (χ4v) is 3.29. The number of aromatic amines is 1. The summed E-state index contributed by atoms with van der Waals surface area (Å²) in [4.78, 5) is 7.57. The Kier molecular flexibility index (Phi) is 4.70. The molecule has 0 fully saturated rings. The zero-order valence-electron chi connectivity index (χ0n) is 13.6. The van der Waals surface area contributed by atoms with Crippen molar-refractivity contribution in [2.75, 3.05) is 12.3 Å². The lowest BCUT2D eigenvalue weighted by Crippen LogP contribution is -2.11. The standard InChI is InChI=1S/C19H18N4OS/c1-2-4-14(5-3-1)13-24-16-6-7-18-17(10-16)15(11-21-18)12-22-23-19-20-8-9-25-19/h1-7,10-12,21H,8-9,13H2,(H,20,23)/b22-12+. The Bertz CT molecular complexity index is 918. The van der Waals surface area contributed by atoms with Gasteiger partial charge in [0.25, 0.3) is 0 Å². The molecule has 2 N–H and O–H groups in total. The number of aliphatic imine (C=N–C) groups is 1. The van der Waals surface area contributed by atoms with Gasteiger partial charge in [-0.1, -0.05) is 42.1 Å². The Balaban J connectivity index is 1.48. The zero-order valence-corrected chi connectivity index (χ0v) is 14.4. The van der Waals surface area contributed by atoms with E-state index < -0.39 is 0 Å². The van der Waals surface area contributed by atoms with Crippen LogP contribution in [-0.2, 0) is 6.61 Å². The van der Waals surface area contributed by atoms with E-state index in [4.69, 9.17) is 4.74 Å². The van der Waals surface area contributed by atoms with Gasteiger partial charge in [0.2, 0.25) is 0 Å². The van der Waals surface area contributed by atoms with Crippen LogP contribution in [0.3, 0.4) is 0 Å². The second-order valence-corrected chi connectivity index (χ2v) is 6.71. The molecule has 0 unspecified atom stereocenters. The van der Waals surface area contributed by atoms with E-state index >= 15 is 0 Å². The van der Waals surface area contributed by atoms with Crippen molar-refractivity contribution in [2.45, 2.75) is 6.61 Å². The summed E-state index contributed by atoms with van der Waals surface area (Å²) in [6.07, 6.45) is 3.75. The number of rotatable bonds is 5. The summed E-state index contributed by atoms with van der Waals surface area (Å²) >= 11 is 1.69. The second-order valence-electron chi connectivity index (χ2n) is 5.63. The maximum atomic E-state index is 5.91. The molecule has 0 radical (unpaired) electrons. The van der Waals surface area contributed by atoms with Gasteiger partial charge in [-0.05, 0) is 23.8 Å². The minimum atomic E-state index is 0.554. The molecule has 126 valence electrons. The van der Waals surface area contributed by atoms with Gasteiger partial charge in [0.1, 0.15) is 12.4 Å². The first-order chi connectivity index (χ1) is 12.4. The van der Waals surface area contributed by atoms with E-state index in [1.165, 1.54) is 0 Å². The Morgan fingerprint density at radius 1 is 1.24 bits per heavy atom. The summed E-state index contributed by atoms with van der Waals surface area (Å²) in [5.74, 6) is 1.86. The van der Waals surface area contributed by atoms with E-state index in [0.717, 1.165) is 45.2 Å². The normalized spacial score (nSPS) is 14.2. The SMILES string of the molecule is C(=N\NC1=NCCS1)/c1c[nH]c2ccc(OCc3ccccc3)cc12. The number of nitrogens with one attached hydrogen (secondary N) is 2. The van der Waals surface area contributed by atoms with Gasteiger partial charge in [0.05, 0.1) is 12.8 Å². The molecular formula is C19H18N4OS. The smallest absolute Gasteiger partial charge is 0.177 e. The summed E-state index contributed by atoms with van der Waals surface area (Å²) < 4.78 is 5.91. The average molecular weight is 350 g/mol. The quantitative estimate of drug-likeness (QED) is 0.544. The van der Waals surface area contributed by atoms with Gasteiger partial charge in [0.15, 0.2) is 5.17 Å². The van der Waals surface area contributed by atoms with Crippen molar-refractivity contribution in [1.82, 2.24) is 10.4 Å². The van der Waals surface area contributed by atoms with Crippen LogP contribution in [0.25, 0.3) is 10.9 Å². The molecule has 0 bridgehead atoms. The van der Waals surface area contributed by atoms with E-state index in [9.17, 15) is 0 Å². The number of benzene rings is 2. The molecule has 0 aliphatic carbocycles.